The monoisotopic (exact) mass is 463 g/mol. The van der Waals surface area contributed by atoms with Gasteiger partial charge in [-0.1, -0.05) is 41.9 Å². The van der Waals surface area contributed by atoms with Crippen LogP contribution >= 0.6 is 11.6 Å². The van der Waals surface area contributed by atoms with Crippen LogP contribution in [0.2, 0.25) is 5.02 Å². The summed E-state index contributed by atoms with van der Waals surface area (Å²) in [6.45, 7) is 1.56. The number of amides is 1. The summed E-state index contributed by atoms with van der Waals surface area (Å²) in [6, 6.07) is 17.7. The van der Waals surface area contributed by atoms with Crippen LogP contribution in [0.1, 0.15) is 43.8 Å². The Hall–Kier alpha value is -3.12. The quantitative estimate of drug-likeness (QED) is 0.511. The third-order valence-electron chi connectivity index (χ3n) is 6.21. The normalized spacial score (nSPS) is 15.9. The molecule has 1 amide bonds. The Kier molecular flexibility index (Phi) is 7.45. The maximum atomic E-state index is 13.3. The predicted octanol–water partition coefficient (Wildman–Crippen LogP) is 5.35. The Morgan fingerprint density at radius 1 is 1.15 bits per heavy atom. The summed E-state index contributed by atoms with van der Waals surface area (Å²) in [5, 5.41) is 0.673. The largest absolute Gasteiger partial charge is 0.375 e. The van der Waals surface area contributed by atoms with Crippen LogP contribution in [0, 0.1) is 0 Å². The molecule has 2 aromatic carbocycles. The van der Waals surface area contributed by atoms with Crippen molar-refractivity contribution in [3.05, 3.63) is 71.5 Å². The fraction of sp³-hybridized carbons (Fsp3) is 0.346. The van der Waals surface area contributed by atoms with E-state index in [1.54, 1.807) is 6.20 Å². The van der Waals surface area contributed by atoms with Crippen LogP contribution in [0.3, 0.4) is 0 Å². The van der Waals surface area contributed by atoms with E-state index >= 15 is 0 Å². The second-order valence-electron chi connectivity index (χ2n) is 8.49. The minimum absolute atomic E-state index is 0.103. The van der Waals surface area contributed by atoms with E-state index in [9.17, 15) is 4.79 Å². The number of carbonyl (C=O) groups is 1. The highest BCUT2D eigenvalue weighted by atomic mass is 35.5. The van der Waals surface area contributed by atoms with Gasteiger partial charge in [-0.3, -0.25) is 4.79 Å². The first kappa shape index (κ1) is 23.1. The van der Waals surface area contributed by atoms with Crippen LogP contribution in [0.25, 0.3) is 11.1 Å². The average Bonchev–Trinajstić information content (AvgIpc) is 2.85. The number of piperidine rings is 1. The molecule has 1 aliphatic heterocycles. The van der Waals surface area contributed by atoms with Crippen LogP contribution in [0.4, 0.5) is 11.6 Å². The van der Waals surface area contributed by atoms with Crippen LogP contribution in [0.15, 0.2) is 60.8 Å². The number of para-hydroxylation sites is 1. The van der Waals surface area contributed by atoms with E-state index in [1.807, 2.05) is 47.4 Å². The molecule has 2 N–H and O–H groups in total. The van der Waals surface area contributed by atoms with Gasteiger partial charge in [0.2, 0.25) is 11.9 Å². The molecule has 1 fully saturated rings. The number of halogens is 1. The van der Waals surface area contributed by atoms with Crippen molar-refractivity contribution >= 4 is 29.1 Å². The highest BCUT2D eigenvalue weighted by Gasteiger charge is 2.31. The molecule has 4 rings (SSSR count). The summed E-state index contributed by atoms with van der Waals surface area (Å²) in [5.74, 6) is 0.394. The number of aromatic nitrogens is 2. The third kappa shape index (κ3) is 5.63. The van der Waals surface area contributed by atoms with E-state index in [-0.39, 0.29) is 17.9 Å². The van der Waals surface area contributed by atoms with Crippen LogP contribution in [0.5, 0.6) is 0 Å². The molecule has 2 heterocycles. The van der Waals surface area contributed by atoms with Crippen molar-refractivity contribution < 1.29 is 4.79 Å². The zero-order chi connectivity index (χ0) is 23.2. The first-order valence-corrected chi connectivity index (χ1v) is 11.8. The Bertz CT molecular complexity index is 1070. The number of anilines is 2. The average molecular weight is 464 g/mol. The Labute approximate surface area is 200 Å². The molecule has 1 atom stereocenters. The van der Waals surface area contributed by atoms with Gasteiger partial charge in [-0.05, 0) is 55.5 Å². The van der Waals surface area contributed by atoms with Crippen molar-refractivity contribution in [3.63, 3.8) is 0 Å². The summed E-state index contributed by atoms with van der Waals surface area (Å²) in [4.78, 5) is 26.3. The van der Waals surface area contributed by atoms with Crippen molar-refractivity contribution in [3.8, 4) is 11.1 Å². The zero-order valence-corrected chi connectivity index (χ0v) is 19.7. The maximum Gasteiger partial charge on any atom is 0.223 e. The lowest BCUT2D eigenvalue weighted by molar-refractivity contribution is -0.135. The Morgan fingerprint density at radius 2 is 1.91 bits per heavy atom. The standard InChI is InChI=1S/C26H30ClN5O/c1-31(21-8-3-2-4-9-21)16-7-11-24(33)32-17-6-5-10-23(32)25-22(18-29-26(28)30-25)19-12-14-20(27)15-13-19/h2-4,8-9,12-15,18,23H,5-7,10-11,16-17H2,1H3,(H2,28,29,30). The van der Waals surface area contributed by atoms with Crippen LogP contribution in [-0.2, 0) is 4.79 Å². The molecule has 1 saturated heterocycles. The van der Waals surface area contributed by atoms with Gasteiger partial charge in [0.15, 0.2) is 0 Å². The summed E-state index contributed by atoms with van der Waals surface area (Å²) in [6.07, 6.45) is 5.98. The van der Waals surface area contributed by atoms with Gasteiger partial charge in [0, 0.05) is 49.0 Å². The lowest BCUT2D eigenvalue weighted by Gasteiger charge is -2.36. The maximum absolute atomic E-state index is 13.3. The van der Waals surface area contributed by atoms with Gasteiger partial charge < -0.3 is 15.5 Å². The smallest absolute Gasteiger partial charge is 0.223 e. The van der Waals surface area contributed by atoms with Crippen molar-refractivity contribution in [2.75, 3.05) is 30.8 Å². The predicted molar refractivity (Wildman–Crippen MR) is 134 cm³/mol. The fourth-order valence-corrected chi connectivity index (χ4v) is 4.58. The van der Waals surface area contributed by atoms with E-state index in [2.05, 4.69) is 34.0 Å². The second kappa shape index (κ2) is 10.7. The van der Waals surface area contributed by atoms with Gasteiger partial charge in [0.1, 0.15) is 0 Å². The van der Waals surface area contributed by atoms with E-state index in [0.717, 1.165) is 61.3 Å². The molecule has 0 saturated carbocycles. The summed E-state index contributed by atoms with van der Waals surface area (Å²) in [5.41, 5.74) is 9.82. The van der Waals surface area contributed by atoms with Crippen molar-refractivity contribution in [1.29, 1.82) is 0 Å². The number of benzene rings is 2. The SMILES string of the molecule is CN(CCCC(=O)N1CCCCC1c1nc(N)ncc1-c1ccc(Cl)cc1)c1ccccc1. The number of rotatable bonds is 7. The number of nitrogens with two attached hydrogens (primary N) is 1. The van der Waals surface area contributed by atoms with E-state index in [4.69, 9.17) is 17.3 Å². The Balaban J connectivity index is 1.50. The topological polar surface area (TPSA) is 75.4 Å². The highest BCUT2D eigenvalue weighted by Crippen LogP contribution is 2.36. The van der Waals surface area contributed by atoms with Gasteiger partial charge in [0.25, 0.3) is 0 Å². The van der Waals surface area contributed by atoms with E-state index in [0.29, 0.717) is 11.4 Å². The number of hydrogen-bond donors (Lipinski definition) is 1. The Morgan fingerprint density at radius 3 is 2.67 bits per heavy atom. The van der Waals surface area contributed by atoms with Crippen LogP contribution in [-0.4, -0.2) is 40.9 Å². The number of hydrogen-bond acceptors (Lipinski definition) is 5. The summed E-state index contributed by atoms with van der Waals surface area (Å²) >= 11 is 6.08. The van der Waals surface area contributed by atoms with Gasteiger partial charge in [-0.25, -0.2) is 9.97 Å². The minimum atomic E-state index is -0.103. The molecule has 1 unspecified atom stereocenters. The number of likely N-dealkylation sites (tertiary alicyclic amines) is 1. The first-order chi connectivity index (χ1) is 16.0. The molecule has 172 valence electrons. The summed E-state index contributed by atoms with van der Waals surface area (Å²) in [7, 11) is 2.06. The molecule has 0 aliphatic carbocycles. The fourth-order valence-electron chi connectivity index (χ4n) is 4.45. The molecular formula is C26H30ClN5O. The number of nitrogen functional groups attached to an aromatic ring is 1. The van der Waals surface area contributed by atoms with E-state index < -0.39 is 0 Å². The summed E-state index contributed by atoms with van der Waals surface area (Å²) < 4.78 is 0. The molecule has 7 heteroatoms. The van der Waals surface area contributed by atoms with Gasteiger partial charge in [-0.15, -0.1) is 0 Å². The highest BCUT2D eigenvalue weighted by molar-refractivity contribution is 6.30. The molecule has 1 aromatic heterocycles. The molecule has 0 spiro atoms. The van der Waals surface area contributed by atoms with Gasteiger partial charge >= 0.3 is 0 Å². The third-order valence-corrected chi connectivity index (χ3v) is 6.46. The van der Waals surface area contributed by atoms with Crippen molar-refractivity contribution in [2.24, 2.45) is 0 Å². The molecular weight excluding hydrogens is 434 g/mol. The zero-order valence-electron chi connectivity index (χ0n) is 19.0. The van der Waals surface area contributed by atoms with Gasteiger partial charge in [-0.2, -0.15) is 0 Å². The lowest BCUT2D eigenvalue weighted by Crippen LogP contribution is -2.39. The second-order valence-corrected chi connectivity index (χ2v) is 8.93. The lowest BCUT2D eigenvalue weighted by atomic mass is 9.93. The van der Waals surface area contributed by atoms with E-state index in [1.165, 1.54) is 0 Å². The first-order valence-electron chi connectivity index (χ1n) is 11.5. The molecule has 33 heavy (non-hydrogen) atoms. The molecule has 3 aromatic rings. The molecule has 0 bridgehead atoms. The molecule has 6 nitrogen and oxygen atoms in total. The van der Waals surface area contributed by atoms with Crippen molar-refractivity contribution in [2.45, 2.75) is 38.1 Å². The van der Waals surface area contributed by atoms with Crippen LogP contribution < -0.4 is 10.6 Å². The molecule has 0 radical (unpaired) electrons. The number of carbonyl (C=O) groups excluding carboxylic acids is 1. The van der Waals surface area contributed by atoms with Crippen molar-refractivity contribution in [1.82, 2.24) is 14.9 Å². The molecule has 1 aliphatic rings. The minimum Gasteiger partial charge on any atom is -0.375 e. The number of nitrogens with zero attached hydrogens (tertiary/aromatic N) is 4. The van der Waals surface area contributed by atoms with Gasteiger partial charge in [0.05, 0.1) is 11.7 Å².